The van der Waals surface area contributed by atoms with Crippen molar-refractivity contribution in [2.24, 2.45) is 5.92 Å². The summed E-state index contributed by atoms with van der Waals surface area (Å²) < 4.78 is 5.37. The van der Waals surface area contributed by atoms with Crippen LogP contribution in [0.4, 0.5) is 0 Å². The molecule has 1 aliphatic heterocycles. The lowest BCUT2D eigenvalue weighted by molar-refractivity contribution is -0.131. The van der Waals surface area contributed by atoms with E-state index in [0.717, 1.165) is 37.1 Å². The minimum absolute atomic E-state index is 0.0570. The van der Waals surface area contributed by atoms with E-state index in [1.54, 1.807) is 0 Å². The lowest BCUT2D eigenvalue weighted by atomic mass is 10.1. The van der Waals surface area contributed by atoms with E-state index < -0.39 is 0 Å². The number of fused-ring (bicyclic) bond motifs is 1. The van der Waals surface area contributed by atoms with Gasteiger partial charge in [0.1, 0.15) is 0 Å². The van der Waals surface area contributed by atoms with Gasteiger partial charge in [0.25, 0.3) is 5.91 Å². The van der Waals surface area contributed by atoms with Crippen molar-refractivity contribution in [3.8, 4) is 0 Å². The molecule has 0 bridgehead atoms. The molecule has 2 aromatic rings. The van der Waals surface area contributed by atoms with Gasteiger partial charge in [-0.25, -0.2) is 0 Å². The van der Waals surface area contributed by atoms with Crippen LogP contribution in [0, 0.1) is 5.92 Å². The highest BCUT2D eigenvalue weighted by Gasteiger charge is 2.21. The second kappa shape index (κ2) is 8.11. The van der Waals surface area contributed by atoms with Gasteiger partial charge in [0, 0.05) is 44.0 Å². The third-order valence-electron chi connectivity index (χ3n) is 4.55. The molecule has 2 N–H and O–H groups in total. The summed E-state index contributed by atoms with van der Waals surface area (Å²) in [6, 6.07) is 7.47. The molecule has 0 aliphatic carbocycles. The number of para-hydroxylation sites is 1. The largest absolute Gasteiger partial charge is 0.381 e. The Morgan fingerprint density at radius 1 is 1.40 bits per heavy atom. The van der Waals surface area contributed by atoms with Gasteiger partial charge in [0.05, 0.1) is 12.1 Å². The molecule has 3 rings (SSSR count). The summed E-state index contributed by atoms with van der Waals surface area (Å²) in [4.78, 5) is 26.5. The molecule has 1 saturated heterocycles. The normalized spacial score (nSPS) is 16.9. The predicted molar refractivity (Wildman–Crippen MR) is 94.2 cm³/mol. The number of H-pyrrole nitrogens is 1. The lowest BCUT2D eigenvalue weighted by Crippen LogP contribution is -2.37. The zero-order valence-corrected chi connectivity index (χ0v) is 14.5. The molecule has 7 heteroatoms. The standard InChI is InChI=1S/C18H24N4O3/c1-2-22(11-13-8-10-25-12-13)16(23)7-9-19-18(24)17-14-5-3-4-6-15(14)20-21-17/h3-6,13H,2,7-12H2,1H3,(H,19,24)(H,20,21)/t13-/m0/s1. The van der Waals surface area contributed by atoms with E-state index in [9.17, 15) is 9.59 Å². The van der Waals surface area contributed by atoms with E-state index >= 15 is 0 Å². The first kappa shape index (κ1) is 17.4. The van der Waals surface area contributed by atoms with Crippen LogP contribution in [0.1, 0.15) is 30.3 Å². The van der Waals surface area contributed by atoms with Crippen LogP contribution < -0.4 is 5.32 Å². The Bertz CT molecular complexity index is 737. The van der Waals surface area contributed by atoms with Gasteiger partial charge in [-0.2, -0.15) is 5.10 Å². The molecule has 1 fully saturated rings. The number of amides is 2. The van der Waals surface area contributed by atoms with E-state index in [0.29, 0.717) is 24.7 Å². The van der Waals surface area contributed by atoms with E-state index in [2.05, 4.69) is 15.5 Å². The maximum atomic E-state index is 12.4. The quantitative estimate of drug-likeness (QED) is 0.798. The van der Waals surface area contributed by atoms with Crippen LogP contribution in [0.3, 0.4) is 0 Å². The number of carbonyl (C=O) groups is 2. The Hall–Kier alpha value is -2.41. The van der Waals surface area contributed by atoms with Crippen molar-refractivity contribution in [2.75, 3.05) is 32.8 Å². The van der Waals surface area contributed by atoms with Gasteiger partial charge in [-0.3, -0.25) is 14.7 Å². The number of aromatic nitrogens is 2. The van der Waals surface area contributed by atoms with Crippen molar-refractivity contribution in [1.29, 1.82) is 0 Å². The fourth-order valence-electron chi connectivity index (χ4n) is 3.11. The third-order valence-corrected chi connectivity index (χ3v) is 4.55. The van der Waals surface area contributed by atoms with Crippen molar-refractivity contribution in [2.45, 2.75) is 19.8 Å². The van der Waals surface area contributed by atoms with Crippen molar-refractivity contribution in [3.63, 3.8) is 0 Å². The van der Waals surface area contributed by atoms with Crippen LogP contribution in [0.5, 0.6) is 0 Å². The van der Waals surface area contributed by atoms with E-state index in [1.807, 2.05) is 36.1 Å². The molecule has 1 aromatic carbocycles. The number of aromatic amines is 1. The van der Waals surface area contributed by atoms with Crippen LogP contribution in [0.25, 0.3) is 10.9 Å². The Balaban J connectivity index is 1.49. The number of hydrogen-bond donors (Lipinski definition) is 2. The zero-order valence-electron chi connectivity index (χ0n) is 14.5. The molecule has 1 aliphatic rings. The molecule has 7 nitrogen and oxygen atoms in total. The van der Waals surface area contributed by atoms with Gasteiger partial charge >= 0.3 is 0 Å². The number of nitrogens with zero attached hydrogens (tertiary/aromatic N) is 2. The Morgan fingerprint density at radius 2 is 2.24 bits per heavy atom. The Kier molecular flexibility index (Phi) is 5.65. The van der Waals surface area contributed by atoms with Crippen LogP contribution >= 0.6 is 0 Å². The second-order valence-electron chi connectivity index (χ2n) is 6.29. The Labute approximate surface area is 146 Å². The molecule has 2 heterocycles. The maximum Gasteiger partial charge on any atom is 0.272 e. The molecule has 0 radical (unpaired) electrons. The molecule has 1 atom stereocenters. The molecule has 0 spiro atoms. The predicted octanol–water partition coefficient (Wildman–Crippen LogP) is 1.57. The fraction of sp³-hybridized carbons (Fsp3) is 0.500. The number of rotatable bonds is 7. The number of carbonyl (C=O) groups excluding carboxylic acids is 2. The molecule has 0 saturated carbocycles. The first-order chi connectivity index (χ1) is 12.2. The molecule has 0 unspecified atom stereocenters. The Morgan fingerprint density at radius 3 is 3.00 bits per heavy atom. The molecule has 134 valence electrons. The second-order valence-corrected chi connectivity index (χ2v) is 6.29. The van der Waals surface area contributed by atoms with Crippen LogP contribution in [-0.2, 0) is 9.53 Å². The summed E-state index contributed by atoms with van der Waals surface area (Å²) in [6.07, 6.45) is 1.29. The average Bonchev–Trinajstić information content (AvgIpc) is 3.28. The van der Waals surface area contributed by atoms with Crippen LogP contribution in [0.2, 0.25) is 0 Å². The molecular weight excluding hydrogens is 320 g/mol. The summed E-state index contributed by atoms with van der Waals surface area (Å²) in [6.45, 7) is 5.19. The summed E-state index contributed by atoms with van der Waals surface area (Å²) in [7, 11) is 0. The van der Waals surface area contributed by atoms with Gasteiger partial charge in [-0.1, -0.05) is 18.2 Å². The van der Waals surface area contributed by atoms with Gasteiger partial charge in [-0.05, 0) is 19.4 Å². The third kappa shape index (κ3) is 4.17. The van der Waals surface area contributed by atoms with Crippen molar-refractivity contribution >= 4 is 22.7 Å². The summed E-state index contributed by atoms with van der Waals surface area (Å²) in [5.41, 5.74) is 1.18. The minimum atomic E-state index is -0.266. The SMILES string of the molecule is CCN(C[C@@H]1CCOC1)C(=O)CCNC(=O)c1n[nH]c2ccccc12. The van der Waals surface area contributed by atoms with Gasteiger partial charge < -0.3 is 15.0 Å². The lowest BCUT2D eigenvalue weighted by Gasteiger charge is -2.23. The van der Waals surface area contributed by atoms with E-state index in [1.165, 1.54) is 0 Å². The minimum Gasteiger partial charge on any atom is -0.381 e. The highest BCUT2D eigenvalue weighted by molar-refractivity contribution is 6.04. The van der Waals surface area contributed by atoms with Crippen molar-refractivity contribution in [1.82, 2.24) is 20.4 Å². The van der Waals surface area contributed by atoms with Gasteiger partial charge in [0.2, 0.25) is 5.91 Å². The fourth-order valence-corrected chi connectivity index (χ4v) is 3.11. The maximum absolute atomic E-state index is 12.4. The van der Waals surface area contributed by atoms with Gasteiger partial charge in [0.15, 0.2) is 5.69 Å². The number of ether oxygens (including phenoxy) is 1. The first-order valence-corrected chi connectivity index (χ1v) is 8.76. The zero-order chi connectivity index (χ0) is 17.6. The number of hydrogen-bond acceptors (Lipinski definition) is 4. The van der Waals surface area contributed by atoms with E-state index in [-0.39, 0.29) is 18.2 Å². The molecule has 2 amide bonds. The highest BCUT2D eigenvalue weighted by atomic mass is 16.5. The molecule has 1 aromatic heterocycles. The average molecular weight is 344 g/mol. The highest BCUT2D eigenvalue weighted by Crippen LogP contribution is 2.15. The summed E-state index contributed by atoms with van der Waals surface area (Å²) in [5, 5.41) is 10.5. The topological polar surface area (TPSA) is 87.3 Å². The van der Waals surface area contributed by atoms with Gasteiger partial charge in [-0.15, -0.1) is 0 Å². The van der Waals surface area contributed by atoms with Crippen LogP contribution in [0.15, 0.2) is 24.3 Å². The number of benzene rings is 1. The van der Waals surface area contributed by atoms with E-state index in [4.69, 9.17) is 4.74 Å². The number of nitrogens with one attached hydrogen (secondary N) is 2. The van der Waals surface area contributed by atoms with Crippen LogP contribution in [-0.4, -0.2) is 59.8 Å². The monoisotopic (exact) mass is 344 g/mol. The van der Waals surface area contributed by atoms with Crippen molar-refractivity contribution in [3.05, 3.63) is 30.0 Å². The summed E-state index contributed by atoms with van der Waals surface area (Å²) in [5.74, 6) is 0.216. The van der Waals surface area contributed by atoms with Crippen molar-refractivity contribution < 1.29 is 14.3 Å². The smallest absolute Gasteiger partial charge is 0.272 e. The summed E-state index contributed by atoms with van der Waals surface area (Å²) >= 11 is 0. The molecule has 25 heavy (non-hydrogen) atoms. The first-order valence-electron chi connectivity index (χ1n) is 8.76. The molecular formula is C18H24N4O3.